The lowest BCUT2D eigenvalue weighted by molar-refractivity contribution is -0.140. The molecule has 2 amide bonds. The normalized spacial score (nSPS) is 11.4. The van der Waals surface area contributed by atoms with E-state index in [4.69, 9.17) is 5.11 Å². The van der Waals surface area contributed by atoms with Crippen LogP contribution in [-0.4, -0.2) is 60.1 Å². The summed E-state index contributed by atoms with van der Waals surface area (Å²) in [5, 5.41) is 14.0. The van der Waals surface area contributed by atoms with Gasteiger partial charge >= 0.3 is 11.8 Å². The fourth-order valence-corrected chi connectivity index (χ4v) is 1.35. The molecule has 106 valence electrons. The second kappa shape index (κ2) is 8.05. The summed E-state index contributed by atoms with van der Waals surface area (Å²) in [6.45, 7) is 10.1. The van der Waals surface area contributed by atoms with Crippen molar-refractivity contribution in [3.05, 3.63) is 0 Å². The number of hydrogen-bond acceptors (Lipinski definition) is 4. The van der Waals surface area contributed by atoms with Crippen LogP contribution in [0.25, 0.3) is 0 Å². The lowest BCUT2D eigenvalue weighted by Crippen LogP contribution is -2.52. The Balaban J connectivity index is 3.99. The van der Waals surface area contributed by atoms with Gasteiger partial charge in [-0.15, -0.1) is 0 Å². The van der Waals surface area contributed by atoms with Gasteiger partial charge in [0, 0.05) is 13.1 Å². The fraction of sp³-hybridized carbons (Fsp3) is 0.833. The largest absolute Gasteiger partial charge is 0.394 e. The molecule has 0 atom stereocenters. The average Bonchev–Trinajstić information content (AvgIpc) is 2.33. The van der Waals surface area contributed by atoms with E-state index in [1.807, 2.05) is 13.8 Å². The van der Waals surface area contributed by atoms with Crippen LogP contribution in [0.3, 0.4) is 0 Å². The first-order valence-corrected chi connectivity index (χ1v) is 6.29. The van der Waals surface area contributed by atoms with Crippen molar-refractivity contribution in [2.45, 2.75) is 33.2 Å². The zero-order valence-electron chi connectivity index (χ0n) is 11.7. The van der Waals surface area contributed by atoms with Gasteiger partial charge in [-0.3, -0.25) is 9.59 Å². The van der Waals surface area contributed by atoms with Gasteiger partial charge in [0.25, 0.3) is 0 Å². The molecule has 6 heteroatoms. The number of amides is 2. The monoisotopic (exact) mass is 259 g/mol. The van der Waals surface area contributed by atoms with E-state index in [9.17, 15) is 9.59 Å². The molecule has 0 aromatic carbocycles. The summed E-state index contributed by atoms with van der Waals surface area (Å²) in [6.07, 6.45) is 0. The minimum atomic E-state index is -0.784. The zero-order valence-corrected chi connectivity index (χ0v) is 11.7. The first kappa shape index (κ1) is 16.9. The van der Waals surface area contributed by atoms with E-state index in [1.54, 1.807) is 13.8 Å². The van der Waals surface area contributed by atoms with Gasteiger partial charge in [0.2, 0.25) is 0 Å². The third-order valence-electron chi connectivity index (χ3n) is 2.66. The Hall–Kier alpha value is -1.14. The molecular weight excluding hydrogens is 234 g/mol. The van der Waals surface area contributed by atoms with Crippen LogP contribution in [-0.2, 0) is 9.59 Å². The van der Waals surface area contributed by atoms with Crippen LogP contribution in [0, 0.1) is 0 Å². The number of aliphatic hydroxyl groups is 1. The van der Waals surface area contributed by atoms with Gasteiger partial charge in [-0.2, -0.15) is 0 Å². The van der Waals surface area contributed by atoms with Crippen molar-refractivity contribution in [1.29, 1.82) is 0 Å². The number of nitrogens with one attached hydrogen (secondary N) is 2. The maximum absolute atomic E-state index is 11.5. The maximum atomic E-state index is 11.5. The van der Waals surface area contributed by atoms with Gasteiger partial charge in [0.15, 0.2) is 0 Å². The average molecular weight is 259 g/mol. The number of nitrogens with zero attached hydrogens (tertiary/aromatic N) is 1. The summed E-state index contributed by atoms with van der Waals surface area (Å²) in [5.74, 6) is -1.38. The molecule has 0 saturated carbocycles. The Morgan fingerprint density at radius 2 is 1.72 bits per heavy atom. The molecule has 0 heterocycles. The third kappa shape index (κ3) is 6.56. The molecule has 0 rings (SSSR count). The number of likely N-dealkylation sites (N-methyl/N-ethyl adjacent to an activating group) is 1. The topological polar surface area (TPSA) is 81.7 Å². The lowest BCUT2D eigenvalue weighted by atomic mass is 10.1. The van der Waals surface area contributed by atoms with E-state index >= 15 is 0 Å². The maximum Gasteiger partial charge on any atom is 0.309 e. The van der Waals surface area contributed by atoms with Crippen molar-refractivity contribution in [2.75, 3.05) is 32.8 Å². The fourth-order valence-electron chi connectivity index (χ4n) is 1.35. The molecule has 0 aliphatic rings. The second-order valence-corrected chi connectivity index (χ2v) is 4.78. The quantitative estimate of drug-likeness (QED) is 0.530. The van der Waals surface area contributed by atoms with Crippen LogP contribution in [0.1, 0.15) is 27.7 Å². The third-order valence-corrected chi connectivity index (χ3v) is 2.66. The molecule has 0 aliphatic heterocycles. The molecule has 0 saturated heterocycles. The van der Waals surface area contributed by atoms with Crippen LogP contribution in [0.5, 0.6) is 0 Å². The highest BCUT2D eigenvalue weighted by atomic mass is 16.3. The summed E-state index contributed by atoms with van der Waals surface area (Å²) in [6, 6.07) is 0. The number of rotatable bonds is 7. The Bertz CT molecular complexity index is 276. The van der Waals surface area contributed by atoms with E-state index in [2.05, 4.69) is 15.5 Å². The van der Waals surface area contributed by atoms with E-state index in [1.165, 1.54) is 0 Å². The summed E-state index contributed by atoms with van der Waals surface area (Å²) >= 11 is 0. The highest BCUT2D eigenvalue weighted by Gasteiger charge is 2.23. The van der Waals surface area contributed by atoms with Gasteiger partial charge in [-0.05, 0) is 26.9 Å². The number of aliphatic hydroxyl groups excluding tert-OH is 1. The molecule has 0 unspecified atom stereocenters. The van der Waals surface area contributed by atoms with Crippen LogP contribution < -0.4 is 10.6 Å². The minimum Gasteiger partial charge on any atom is -0.394 e. The van der Waals surface area contributed by atoms with Crippen LogP contribution in [0.15, 0.2) is 0 Å². The van der Waals surface area contributed by atoms with Gasteiger partial charge in [-0.25, -0.2) is 0 Å². The summed E-state index contributed by atoms with van der Waals surface area (Å²) in [4.78, 5) is 25.1. The van der Waals surface area contributed by atoms with E-state index in [0.717, 1.165) is 19.6 Å². The van der Waals surface area contributed by atoms with Crippen molar-refractivity contribution in [1.82, 2.24) is 15.5 Å². The molecule has 0 aromatic heterocycles. The standard InChI is InChI=1S/C12H25N3O3/c1-5-15(6-2)8-7-13-10(17)11(18)14-12(3,4)9-16/h16H,5-9H2,1-4H3,(H,13,17)(H,14,18). The molecule has 0 spiro atoms. The molecule has 0 bridgehead atoms. The lowest BCUT2D eigenvalue weighted by Gasteiger charge is -2.23. The number of carbonyl (C=O) groups is 2. The molecule has 0 aromatic rings. The van der Waals surface area contributed by atoms with Crippen LogP contribution >= 0.6 is 0 Å². The van der Waals surface area contributed by atoms with Gasteiger partial charge in [0.05, 0.1) is 12.1 Å². The SMILES string of the molecule is CCN(CC)CCNC(=O)C(=O)NC(C)(C)CO. The Labute approximate surface area is 109 Å². The first-order chi connectivity index (χ1) is 8.36. The van der Waals surface area contributed by atoms with Crippen LogP contribution in [0.2, 0.25) is 0 Å². The van der Waals surface area contributed by atoms with Crippen molar-refractivity contribution < 1.29 is 14.7 Å². The van der Waals surface area contributed by atoms with Crippen LogP contribution in [0.4, 0.5) is 0 Å². The minimum absolute atomic E-state index is 0.217. The van der Waals surface area contributed by atoms with Gasteiger partial charge in [-0.1, -0.05) is 13.8 Å². The van der Waals surface area contributed by atoms with Crippen molar-refractivity contribution in [2.24, 2.45) is 0 Å². The summed E-state index contributed by atoms with van der Waals surface area (Å²) in [7, 11) is 0. The predicted molar refractivity (Wildman–Crippen MR) is 70.1 cm³/mol. The molecule has 0 radical (unpaired) electrons. The molecule has 18 heavy (non-hydrogen) atoms. The predicted octanol–water partition coefficient (Wildman–Crippen LogP) is -0.668. The molecule has 0 aliphatic carbocycles. The second-order valence-electron chi connectivity index (χ2n) is 4.78. The van der Waals surface area contributed by atoms with Crippen molar-refractivity contribution in [3.8, 4) is 0 Å². The Morgan fingerprint density at radius 1 is 1.17 bits per heavy atom. The Morgan fingerprint density at radius 3 is 2.17 bits per heavy atom. The van der Waals surface area contributed by atoms with E-state index in [0.29, 0.717) is 6.54 Å². The smallest absolute Gasteiger partial charge is 0.309 e. The summed E-state index contributed by atoms with van der Waals surface area (Å²) in [5.41, 5.74) is -0.784. The van der Waals surface area contributed by atoms with Crippen molar-refractivity contribution in [3.63, 3.8) is 0 Å². The van der Waals surface area contributed by atoms with Gasteiger partial charge < -0.3 is 20.6 Å². The van der Waals surface area contributed by atoms with E-state index < -0.39 is 17.4 Å². The van der Waals surface area contributed by atoms with E-state index in [-0.39, 0.29) is 6.61 Å². The number of carbonyl (C=O) groups excluding carboxylic acids is 2. The molecular formula is C12H25N3O3. The van der Waals surface area contributed by atoms with Crippen molar-refractivity contribution >= 4 is 11.8 Å². The summed E-state index contributed by atoms with van der Waals surface area (Å²) < 4.78 is 0. The molecule has 6 nitrogen and oxygen atoms in total. The highest BCUT2D eigenvalue weighted by molar-refractivity contribution is 6.35. The molecule has 0 fully saturated rings. The zero-order chi connectivity index (χ0) is 14.2. The van der Waals surface area contributed by atoms with Gasteiger partial charge in [0.1, 0.15) is 0 Å². The number of hydrogen-bond donors (Lipinski definition) is 3. The first-order valence-electron chi connectivity index (χ1n) is 6.29. The molecule has 3 N–H and O–H groups in total. The highest BCUT2D eigenvalue weighted by Crippen LogP contribution is 1.98. The Kier molecular flexibility index (Phi) is 7.54.